The van der Waals surface area contributed by atoms with Crippen molar-refractivity contribution in [1.82, 2.24) is 4.90 Å². The van der Waals surface area contributed by atoms with Crippen molar-refractivity contribution in [1.29, 1.82) is 0 Å². The maximum absolute atomic E-state index is 12.9. The van der Waals surface area contributed by atoms with Crippen molar-refractivity contribution < 1.29 is 27.8 Å². The van der Waals surface area contributed by atoms with E-state index in [1.807, 2.05) is 6.92 Å². The molecule has 24 heavy (non-hydrogen) atoms. The Kier molecular flexibility index (Phi) is 7.34. The molecule has 1 rings (SSSR count). The standard InChI is InChI=1S/C16H23F3N2O3/c1-4-9-24-14-6-5-12(16(17,18)19)10-13(14)20-15(23)21(3)8-7-11(2)22/h5-6,10-11,22H,4,7-9H2,1-3H3,(H,20,23). The summed E-state index contributed by atoms with van der Waals surface area (Å²) in [6, 6.07) is 2.39. The van der Waals surface area contributed by atoms with E-state index in [0.29, 0.717) is 19.4 Å². The van der Waals surface area contributed by atoms with Crippen LogP contribution in [0.15, 0.2) is 18.2 Å². The van der Waals surface area contributed by atoms with E-state index in [-0.39, 0.29) is 18.0 Å². The molecule has 0 fully saturated rings. The Morgan fingerprint density at radius 1 is 1.42 bits per heavy atom. The number of alkyl halides is 3. The second kappa shape index (κ2) is 8.77. The number of halogens is 3. The van der Waals surface area contributed by atoms with Gasteiger partial charge in [0.25, 0.3) is 0 Å². The van der Waals surface area contributed by atoms with Gasteiger partial charge in [-0.15, -0.1) is 0 Å². The van der Waals surface area contributed by atoms with E-state index >= 15 is 0 Å². The Bertz CT molecular complexity index is 548. The van der Waals surface area contributed by atoms with Crippen molar-refractivity contribution >= 4 is 11.7 Å². The van der Waals surface area contributed by atoms with Crippen LogP contribution in [0.1, 0.15) is 32.3 Å². The van der Waals surface area contributed by atoms with Crippen LogP contribution < -0.4 is 10.1 Å². The first kappa shape index (κ1) is 20.1. The largest absolute Gasteiger partial charge is 0.491 e. The van der Waals surface area contributed by atoms with Gasteiger partial charge in [-0.05, 0) is 38.0 Å². The molecule has 0 aliphatic rings. The average molecular weight is 348 g/mol. The third-order valence-electron chi connectivity index (χ3n) is 3.24. The van der Waals surface area contributed by atoms with Gasteiger partial charge in [0.1, 0.15) is 5.75 Å². The minimum Gasteiger partial charge on any atom is -0.491 e. The van der Waals surface area contributed by atoms with Crippen molar-refractivity contribution in [2.45, 2.75) is 39.0 Å². The van der Waals surface area contributed by atoms with Gasteiger partial charge in [0, 0.05) is 13.6 Å². The Balaban J connectivity index is 2.94. The number of aliphatic hydroxyl groups excluding tert-OH is 1. The number of benzene rings is 1. The molecule has 0 heterocycles. The molecule has 0 saturated carbocycles. The molecule has 0 radical (unpaired) electrons. The molecule has 0 aromatic heterocycles. The summed E-state index contributed by atoms with van der Waals surface area (Å²) in [6.07, 6.45) is -4.03. The fourth-order valence-electron chi connectivity index (χ4n) is 1.83. The van der Waals surface area contributed by atoms with Gasteiger partial charge in [0.05, 0.1) is 24.0 Å². The summed E-state index contributed by atoms with van der Waals surface area (Å²) in [5.74, 6) is 0.183. The first-order chi connectivity index (χ1) is 11.1. The zero-order valence-electron chi connectivity index (χ0n) is 14.0. The number of ether oxygens (including phenoxy) is 1. The monoisotopic (exact) mass is 348 g/mol. The lowest BCUT2D eigenvalue weighted by molar-refractivity contribution is -0.137. The van der Waals surface area contributed by atoms with Gasteiger partial charge < -0.3 is 20.1 Å². The molecule has 2 N–H and O–H groups in total. The lowest BCUT2D eigenvalue weighted by atomic mass is 10.1. The fraction of sp³-hybridized carbons (Fsp3) is 0.562. The van der Waals surface area contributed by atoms with E-state index in [1.54, 1.807) is 6.92 Å². The summed E-state index contributed by atoms with van der Waals surface area (Å²) in [7, 11) is 1.50. The predicted molar refractivity (Wildman–Crippen MR) is 85.2 cm³/mol. The van der Waals surface area contributed by atoms with E-state index in [9.17, 15) is 23.1 Å². The van der Waals surface area contributed by atoms with E-state index in [1.165, 1.54) is 18.0 Å². The molecule has 0 aliphatic heterocycles. The minimum absolute atomic E-state index is 0.0350. The number of urea groups is 1. The summed E-state index contributed by atoms with van der Waals surface area (Å²) in [5.41, 5.74) is -0.902. The number of hydrogen-bond acceptors (Lipinski definition) is 3. The number of amides is 2. The third-order valence-corrected chi connectivity index (χ3v) is 3.24. The fourth-order valence-corrected chi connectivity index (χ4v) is 1.83. The first-order valence-corrected chi connectivity index (χ1v) is 7.69. The number of nitrogens with zero attached hydrogens (tertiary/aromatic N) is 1. The minimum atomic E-state index is -4.51. The van der Waals surface area contributed by atoms with Crippen LogP contribution in [0.5, 0.6) is 5.75 Å². The number of carbonyl (C=O) groups is 1. The lowest BCUT2D eigenvalue weighted by Crippen LogP contribution is -2.33. The Hall–Kier alpha value is -1.96. The smallest absolute Gasteiger partial charge is 0.416 e. The number of rotatable bonds is 7. The molecular formula is C16H23F3N2O3. The lowest BCUT2D eigenvalue weighted by Gasteiger charge is -2.20. The highest BCUT2D eigenvalue weighted by Gasteiger charge is 2.31. The van der Waals surface area contributed by atoms with Crippen LogP contribution >= 0.6 is 0 Å². The second-order valence-electron chi connectivity index (χ2n) is 5.55. The van der Waals surface area contributed by atoms with E-state index in [0.717, 1.165) is 12.1 Å². The quantitative estimate of drug-likeness (QED) is 0.789. The van der Waals surface area contributed by atoms with Crippen LogP contribution in [0, 0.1) is 0 Å². The Morgan fingerprint density at radius 2 is 2.08 bits per heavy atom. The van der Waals surface area contributed by atoms with Crippen molar-refractivity contribution in [3.05, 3.63) is 23.8 Å². The zero-order valence-corrected chi connectivity index (χ0v) is 14.0. The summed E-state index contributed by atoms with van der Waals surface area (Å²) >= 11 is 0. The second-order valence-corrected chi connectivity index (χ2v) is 5.55. The zero-order chi connectivity index (χ0) is 18.3. The number of nitrogens with one attached hydrogen (secondary N) is 1. The SMILES string of the molecule is CCCOc1ccc(C(F)(F)F)cc1NC(=O)N(C)CCC(C)O. The normalized spacial score (nSPS) is 12.6. The van der Waals surface area contributed by atoms with Crippen LogP contribution in [0.25, 0.3) is 0 Å². The van der Waals surface area contributed by atoms with Crippen LogP contribution in [0.4, 0.5) is 23.7 Å². The van der Waals surface area contributed by atoms with E-state index in [4.69, 9.17) is 4.74 Å². The number of hydrogen-bond donors (Lipinski definition) is 2. The molecule has 5 nitrogen and oxygen atoms in total. The molecule has 8 heteroatoms. The van der Waals surface area contributed by atoms with Crippen LogP contribution in [0.2, 0.25) is 0 Å². The van der Waals surface area contributed by atoms with Crippen molar-refractivity contribution in [3.63, 3.8) is 0 Å². The van der Waals surface area contributed by atoms with Gasteiger partial charge in [0.15, 0.2) is 0 Å². The van der Waals surface area contributed by atoms with Crippen LogP contribution in [-0.2, 0) is 6.18 Å². The molecule has 0 saturated heterocycles. The summed E-state index contributed by atoms with van der Waals surface area (Å²) in [4.78, 5) is 13.4. The van der Waals surface area contributed by atoms with Crippen molar-refractivity contribution in [2.75, 3.05) is 25.5 Å². The molecule has 1 atom stereocenters. The molecule has 136 valence electrons. The number of aliphatic hydroxyl groups is 1. The number of anilines is 1. The van der Waals surface area contributed by atoms with Gasteiger partial charge in [-0.3, -0.25) is 0 Å². The van der Waals surface area contributed by atoms with Crippen molar-refractivity contribution in [3.8, 4) is 5.75 Å². The van der Waals surface area contributed by atoms with Crippen molar-refractivity contribution in [2.24, 2.45) is 0 Å². The molecule has 0 spiro atoms. The first-order valence-electron chi connectivity index (χ1n) is 7.69. The highest BCUT2D eigenvalue weighted by Crippen LogP contribution is 2.35. The summed E-state index contributed by atoms with van der Waals surface area (Å²) in [6.45, 7) is 4.06. The van der Waals surface area contributed by atoms with Gasteiger partial charge in [-0.25, -0.2) is 4.79 Å². The average Bonchev–Trinajstić information content (AvgIpc) is 2.50. The van der Waals surface area contributed by atoms with E-state index < -0.39 is 23.9 Å². The maximum atomic E-state index is 12.9. The molecular weight excluding hydrogens is 325 g/mol. The predicted octanol–water partition coefficient (Wildman–Crippen LogP) is 3.73. The van der Waals surface area contributed by atoms with Gasteiger partial charge in [-0.1, -0.05) is 6.92 Å². The topological polar surface area (TPSA) is 61.8 Å². The van der Waals surface area contributed by atoms with Gasteiger partial charge in [-0.2, -0.15) is 13.2 Å². The highest BCUT2D eigenvalue weighted by molar-refractivity contribution is 5.91. The molecule has 1 unspecified atom stereocenters. The molecule has 0 aliphatic carbocycles. The highest BCUT2D eigenvalue weighted by atomic mass is 19.4. The molecule has 1 aromatic carbocycles. The molecule has 0 bridgehead atoms. The van der Waals surface area contributed by atoms with Gasteiger partial charge in [0.2, 0.25) is 0 Å². The number of carbonyl (C=O) groups excluding carboxylic acids is 1. The van der Waals surface area contributed by atoms with E-state index in [2.05, 4.69) is 5.32 Å². The maximum Gasteiger partial charge on any atom is 0.416 e. The van der Waals surface area contributed by atoms with Crippen LogP contribution in [-0.4, -0.2) is 42.3 Å². The Morgan fingerprint density at radius 3 is 2.62 bits per heavy atom. The molecule has 1 aromatic rings. The molecule has 2 amide bonds. The summed E-state index contributed by atoms with van der Waals surface area (Å²) in [5, 5.41) is 11.7. The Labute approximate surface area is 139 Å². The summed E-state index contributed by atoms with van der Waals surface area (Å²) < 4.78 is 44.0. The van der Waals surface area contributed by atoms with Crippen LogP contribution in [0.3, 0.4) is 0 Å². The van der Waals surface area contributed by atoms with Gasteiger partial charge >= 0.3 is 12.2 Å². The third kappa shape index (κ3) is 6.27.